The number of carbonyl (C=O) groups is 1. The monoisotopic (exact) mass is 180 g/mol. The average Bonchev–Trinajstić information content (AvgIpc) is 2.52. The molecule has 0 aliphatic heterocycles. The van der Waals surface area contributed by atoms with Crippen molar-refractivity contribution in [2.24, 2.45) is 5.73 Å². The van der Waals surface area contributed by atoms with E-state index in [1.165, 1.54) is 0 Å². The first-order valence-electron chi connectivity index (χ1n) is 3.49. The summed E-state index contributed by atoms with van der Waals surface area (Å²) in [6, 6.07) is -0.588. The predicted octanol–water partition coefficient (Wildman–Crippen LogP) is -0.474. The maximum Gasteiger partial charge on any atom is 0.358 e. The van der Waals surface area contributed by atoms with Crippen molar-refractivity contribution in [2.75, 3.05) is 0 Å². The van der Waals surface area contributed by atoms with Crippen LogP contribution in [0.1, 0.15) is 28.6 Å². The number of aromatic amines is 1. The topological polar surface area (TPSA) is 105 Å². The van der Waals surface area contributed by atoms with Gasteiger partial charge in [0.2, 0.25) is 0 Å². The lowest BCUT2D eigenvalue weighted by molar-refractivity contribution is 0.0688. The number of H-pyrrole nitrogens is 1. The Bertz CT molecular complexity index is 352. The molecule has 0 amide bonds. The summed E-state index contributed by atoms with van der Waals surface area (Å²) in [5.41, 5.74) is 5.57. The van der Waals surface area contributed by atoms with Crippen LogP contribution < -0.4 is 5.73 Å². The first-order valence-corrected chi connectivity index (χ1v) is 3.49. The molecule has 0 aliphatic carbocycles. The smallest absolute Gasteiger partial charge is 0.358 e. The van der Waals surface area contributed by atoms with Crippen molar-refractivity contribution in [3.8, 4) is 12.3 Å². The molecule has 68 valence electrons. The minimum Gasteiger partial charge on any atom is -0.476 e. The van der Waals surface area contributed by atoms with E-state index in [0.717, 1.165) is 0 Å². The number of carboxylic acid groups (broad SMARTS) is 1. The van der Waals surface area contributed by atoms with Crippen LogP contribution in [0, 0.1) is 12.3 Å². The summed E-state index contributed by atoms with van der Waals surface area (Å²) in [4.78, 5) is 10.6. The van der Waals surface area contributed by atoms with Gasteiger partial charge >= 0.3 is 5.97 Å². The summed E-state index contributed by atoms with van der Waals surface area (Å²) >= 11 is 0. The number of aromatic carboxylic acids is 1. The second-order valence-corrected chi connectivity index (χ2v) is 2.38. The van der Waals surface area contributed by atoms with Crippen LogP contribution in [0.3, 0.4) is 0 Å². The average molecular weight is 180 g/mol. The minimum atomic E-state index is -1.17. The van der Waals surface area contributed by atoms with E-state index in [2.05, 4.69) is 21.3 Å². The quantitative estimate of drug-likeness (QED) is 0.545. The summed E-state index contributed by atoms with van der Waals surface area (Å²) in [7, 11) is 0. The van der Waals surface area contributed by atoms with Crippen LogP contribution in [0.5, 0.6) is 0 Å². The summed E-state index contributed by atoms with van der Waals surface area (Å²) in [5, 5.41) is 17.9. The van der Waals surface area contributed by atoms with Crippen LogP contribution in [-0.2, 0) is 0 Å². The Morgan fingerprint density at radius 2 is 2.46 bits per heavy atom. The molecule has 0 spiro atoms. The summed E-state index contributed by atoms with van der Waals surface area (Å²) in [6.45, 7) is 0. The zero-order valence-corrected chi connectivity index (χ0v) is 6.69. The Morgan fingerprint density at radius 1 is 1.77 bits per heavy atom. The molecule has 1 atom stereocenters. The molecule has 1 rings (SSSR count). The highest BCUT2D eigenvalue weighted by atomic mass is 16.4. The molecule has 0 fully saturated rings. The Labute approximate surface area is 74.1 Å². The lowest BCUT2D eigenvalue weighted by atomic mass is 10.1. The number of nitrogens with zero attached hydrogens (tertiary/aromatic N) is 2. The fourth-order valence-electron chi connectivity index (χ4n) is 0.879. The number of aromatic nitrogens is 3. The third kappa shape index (κ3) is 1.83. The van der Waals surface area contributed by atoms with Crippen molar-refractivity contribution in [1.82, 2.24) is 15.4 Å². The number of hydrogen-bond donors (Lipinski definition) is 3. The largest absolute Gasteiger partial charge is 0.476 e. The molecule has 0 aliphatic rings. The maximum absolute atomic E-state index is 10.6. The van der Waals surface area contributed by atoms with Gasteiger partial charge in [0.1, 0.15) is 5.69 Å². The zero-order valence-electron chi connectivity index (χ0n) is 6.69. The Hall–Kier alpha value is -1.87. The number of rotatable bonds is 3. The van der Waals surface area contributed by atoms with Gasteiger partial charge in [-0.2, -0.15) is 10.3 Å². The molecule has 1 heterocycles. The highest BCUT2D eigenvalue weighted by Crippen LogP contribution is 2.13. The molecule has 0 aromatic carbocycles. The van der Waals surface area contributed by atoms with Crippen LogP contribution in [-0.4, -0.2) is 26.5 Å². The van der Waals surface area contributed by atoms with Gasteiger partial charge in [0, 0.05) is 6.42 Å². The van der Waals surface area contributed by atoms with Gasteiger partial charge in [-0.25, -0.2) is 4.79 Å². The lowest BCUT2D eigenvalue weighted by Gasteiger charge is -2.03. The van der Waals surface area contributed by atoms with Crippen molar-refractivity contribution >= 4 is 5.97 Å². The highest BCUT2D eigenvalue weighted by molar-refractivity contribution is 5.86. The molecule has 0 saturated heterocycles. The second kappa shape index (κ2) is 3.69. The fourth-order valence-corrected chi connectivity index (χ4v) is 0.879. The van der Waals surface area contributed by atoms with Gasteiger partial charge < -0.3 is 10.8 Å². The van der Waals surface area contributed by atoms with E-state index in [1.54, 1.807) is 0 Å². The van der Waals surface area contributed by atoms with E-state index in [0.29, 0.717) is 0 Å². The molecular formula is C7H8N4O2. The standard InChI is InChI=1S/C7H8N4O2/c1-2-3-4(8)5-6(7(12)13)10-11-9-5/h1,4H,3,8H2,(H,12,13)(H,9,10,11)/t4-/m0/s1. The fraction of sp³-hybridized carbons (Fsp3) is 0.286. The summed E-state index contributed by atoms with van der Waals surface area (Å²) in [5.74, 6) is 1.15. The first-order chi connectivity index (χ1) is 6.16. The molecule has 0 bridgehead atoms. The first kappa shape index (κ1) is 9.22. The summed E-state index contributed by atoms with van der Waals surface area (Å²) in [6.07, 6.45) is 5.25. The van der Waals surface area contributed by atoms with Crippen molar-refractivity contribution in [2.45, 2.75) is 12.5 Å². The zero-order chi connectivity index (χ0) is 9.84. The van der Waals surface area contributed by atoms with Crippen molar-refractivity contribution in [1.29, 1.82) is 0 Å². The van der Waals surface area contributed by atoms with Gasteiger partial charge in [0.25, 0.3) is 0 Å². The maximum atomic E-state index is 10.6. The van der Waals surface area contributed by atoms with Gasteiger partial charge in [0.05, 0.1) is 6.04 Å². The molecule has 1 aromatic heterocycles. The van der Waals surface area contributed by atoms with Crippen LogP contribution in [0.25, 0.3) is 0 Å². The third-order valence-electron chi connectivity index (χ3n) is 1.47. The summed E-state index contributed by atoms with van der Waals surface area (Å²) < 4.78 is 0. The van der Waals surface area contributed by atoms with Gasteiger partial charge in [0.15, 0.2) is 5.69 Å². The lowest BCUT2D eigenvalue weighted by Crippen LogP contribution is -2.14. The number of hydrogen-bond acceptors (Lipinski definition) is 4. The van der Waals surface area contributed by atoms with Crippen molar-refractivity contribution < 1.29 is 9.90 Å². The van der Waals surface area contributed by atoms with Crippen molar-refractivity contribution in [3.63, 3.8) is 0 Å². The van der Waals surface area contributed by atoms with E-state index in [4.69, 9.17) is 17.3 Å². The molecule has 0 radical (unpaired) electrons. The van der Waals surface area contributed by atoms with Crippen molar-refractivity contribution in [3.05, 3.63) is 11.4 Å². The van der Waals surface area contributed by atoms with E-state index in [9.17, 15) is 4.79 Å². The molecule has 1 aromatic rings. The normalized spacial score (nSPS) is 12.0. The van der Waals surface area contributed by atoms with E-state index >= 15 is 0 Å². The minimum absolute atomic E-state index is 0.178. The Balaban J connectivity index is 2.94. The molecule has 13 heavy (non-hydrogen) atoms. The van der Waals surface area contributed by atoms with Crippen LogP contribution in [0.4, 0.5) is 0 Å². The Morgan fingerprint density at radius 3 is 3.00 bits per heavy atom. The van der Waals surface area contributed by atoms with Crippen LogP contribution in [0.2, 0.25) is 0 Å². The van der Waals surface area contributed by atoms with Crippen LogP contribution >= 0.6 is 0 Å². The highest BCUT2D eigenvalue weighted by Gasteiger charge is 2.19. The molecule has 0 saturated carbocycles. The van der Waals surface area contributed by atoms with E-state index in [-0.39, 0.29) is 17.8 Å². The number of terminal acetylenes is 1. The second-order valence-electron chi connectivity index (χ2n) is 2.38. The third-order valence-corrected chi connectivity index (χ3v) is 1.47. The number of carboxylic acids is 1. The SMILES string of the molecule is C#CC[C@H](N)c1n[nH]nc1C(=O)O. The van der Waals surface area contributed by atoms with E-state index in [1.807, 2.05) is 0 Å². The van der Waals surface area contributed by atoms with Crippen LogP contribution in [0.15, 0.2) is 0 Å². The molecular weight excluding hydrogens is 172 g/mol. The number of nitrogens with two attached hydrogens (primary N) is 1. The number of nitrogens with one attached hydrogen (secondary N) is 1. The van der Waals surface area contributed by atoms with Gasteiger partial charge in [-0.15, -0.1) is 17.4 Å². The van der Waals surface area contributed by atoms with Gasteiger partial charge in [-0.05, 0) is 0 Å². The Kier molecular flexibility index (Phi) is 2.62. The molecule has 4 N–H and O–H groups in total. The molecule has 6 heteroatoms. The molecule has 0 unspecified atom stereocenters. The predicted molar refractivity (Wildman–Crippen MR) is 43.7 cm³/mol. The van der Waals surface area contributed by atoms with E-state index < -0.39 is 12.0 Å². The van der Waals surface area contributed by atoms with Gasteiger partial charge in [-0.1, -0.05) is 0 Å². The van der Waals surface area contributed by atoms with Gasteiger partial charge in [-0.3, -0.25) is 0 Å². The molecule has 6 nitrogen and oxygen atoms in total.